The molecule has 2 rings (SSSR count). The number of Topliss-reactive ketones (excluding diaryl/α,β-unsaturated/α-hetero) is 1. The number of carbonyl (C=O) groups excluding carboxylic acids is 2. The molecular formula is C19H19NO6. The minimum absolute atomic E-state index is 0.00526. The van der Waals surface area contributed by atoms with E-state index in [0.717, 1.165) is 0 Å². The number of benzene rings is 2. The number of aromatic carboxylic acids is 1. The number of ketones is 1. The van der Waals surface area contributed by atoms with E-state index in [1.165, 1.54) is 38.5 Å². The molecule has 0 fully saturated rings. The van der Waals surface area contributed by atoms with Gasteiger partial charge in [0.2, 0.25) is 5.91 Å². The van der Waals surface area contributed by atoms with E-state index in [0.29, 0.717) is 22.7 Å². The largest absolute Gasteiger partial charge is 0.497 e. The standard InChI is InChI=1S/C19H19NO6/c1-25-14-7-8-15(17(11-14)26-2)16(21)9-10-18(22)20-13-5-3-12(4-6-13)19(23)24/h3-8,11H,9-10H2,1-2H3,(H,20,22)(H,23,24). The Morgan fingerprint density at radius 3 is 2.23 bits per heavy atom. The molecule has 0 radical (unpaired) electrons. The summed E-state index contributed by atoms with van der Waals surface area (Å²) in [5.41, 5.74) is 0.978. The zero-order valence-corrected chi connectivity index (χ0v) is 14.4. The fourth-order valence-corrected chi connectivity index (χ4v) is 2.31. The van der Waals surface area contributed by atoms with Gasteiger partial charge in [0.1, 0.15) is 11.5 Å². The van der Waals surface area contributed by atoms with Crippen LogP contribution in [0.4, 0.5) is 5.69 Å². The van der Waals surface area contributed by atoms with Crippen molar-refractivity contribution >= 4 is 23.3 Å². The van der Waals surface area contributed by atoms with Gasteiger partial charge in [0, 0.05) is 24.6 Å². The van der Waals surface area contributed by atoms with Crippen molar-refractivity contribution in [1.82, 2.24) is 0 Å². The lowest BCUT2D eigenvalue weighted by atomic mass is 10.0. The average molecular weight is 357 g/mol. The first-order chi connectivity index (χ1) is 12.4. The van der Waals surface area contributed by atoms with Gasteiger partial charge in [0.25, 0.3) is 0 Å². The Morgan fingerprint density at radius 1 is 0.962 bits per heavy atom. The smallest absolute Gasteiger partial charge is 0.335 e. The molecule has 0 saturated heterocycles. The monoisotopic (exact) mass is 357 g/mol. The average Bonchev–Trinajstić information content (AvgIpc) is 2.65. The predicted octanol–water partition coefficient (Wildman–Crippen LogP) is 3.00. The Hall–Kier alpha value is -3.35. The topological polar surface area (TPSA) is 102 Å². The maximum Gasteiger partial charge on any atom is 0.335 e. The van der Waals surface area contributed by atoms with Gasteiger partial charge in [0.05, 0.1) is 25.3 Å². The van der Waals surface area contributed by atoms with E-state index < -0.39 is 5.97 Å². The van der Waals surface area contributed by atoms with Crippen LogP contribution in [-0.4, -0.2) is 37.0 Å². The summed E-state index contributed by atoms with van der Waals surface area (Å²) in [6.07, 6.45) is 0.0103. The first-order valence-electron chi connectivity index (χ1n) is 7.83. The number of methoxy groups -OCH3 is 2. The number of rotatable bonds is 8. The Morgan fingerprint density at radius 2 is 1.65 bits per heavy atom. The van der Waals surface area contributed by atoms with Crippen LogP contribution in [0.2, 0.25) is 0 Å². The number of amides is 1. The van der Waals surface area contributed by atoms with Crippen LogP contribution in [0.25, 0.3) is 0 Å². The number of hydrogen-bond acceptors (Lipinski definition) is 5. The van der Waals surface area contributed by atoms with Crippen molar-refractivity contribution in [2.75, 3.05) is 19.5 Å². The minimum Gasteiger partial charge on any atom is -0.497 e. The summed E-state index contributed by atoms with van der Waals surface area (Å²) in [5, 5.41) is 11.5. The van der Waals surface area contributed by atoms with Gasteiger partial charge in [-0.3, -0.25) is 9.59 Å². The molecule has 136 valence electrons. The maximum absolute atomic E-state index is 12.3. The summed E-state index contributed by atoms with van der Waals surface area (Å²) in [4.78, 5) is 35.1. The Balaban J connectivity index is 1.94. The van der Waals surface area contributed by atoms with E-state index in [-0.39, 0.29) is 30.1 Å². The van der Waals surface area contributed by atoms with E-state index in [1.807, 2.05) is 0 Å². The lowest BCUT2D eigenvalue weighted by molar-refractivity contribution is -0.116. The molecule has 0 saturated carbocycles. The molecule has 0 heterocycles. The number of anilines is 1. The van der Waals surface area contributed by atoms with Crippen molar-refractivity contribution in [3.63, 3.8) is 0 Å². The molecule has 1 amide bonds. The summed E-state index contributed by atoms with van der Waals surface area (Å²) in [6.45, 7) is 0. The van der Waals surface area contributed by atoms with Crippen molar-refractivity contribution in [3.8, 4) is 11.5 Å². The third-order valence-corrected chi connectivity index (χ3v) is 3.70. The quantitative estimate of drug-likeness (QED) is 0.704. The van der Waals surface area contributed by atoms with Crippen LogP contribution in [0.3, 0.4) is 0 Å². The Kier molecular flexibility index (Phi) is 6.32. The molecule has 2 aromatic rings. The van der Waals surface area contributed by atoms with Gasteiger partial charge in [-0.25, -0.2) is 4.79 Å². The van der Waals surface area contributed by atoms with Crippen LogP contribution in [0, 0.1) is 0 Å². The number of carboxylic acids is 1. The molecule has 2 aromatic carbocycles. The molecular weight excluding hydrogens is 338 g/mol. The van der Waals surface area contributed by atoms with Gasteiger partial charge >= 0.3 is 5.97 Å². The minimum atomic E-state index is -1.04. The third kappa shape index (κ3) is 4.83. The lowest BCUT2D eigenvalue weighted by Crippen LogP contribution is -2.14. The van der Waals surface area contributed by atoms with E-state index in [4.69, 9.17) is 14.6 Å². The van der Waals surface area contributed by atoms with E-state index in [1.54, 1.807) is 18.2 Å². The molecule has 0 aromatic heterocycles. The van der Waals surface area contributed by atoms with Gasteiger partial charge in [-0.2, -0.15) is 0 Å². The van der Waals surface area contributed by atoms with Gasteiger partial charge in [-0.1, -0.05) is 0 Å². The molecule has 7 heteroatoms. The summed E-state index contributed by atoms with van der Waals surface area (Å²) in [7, 11) is 2.97. The van der Waals surface area contributed by atoms with Crippen molar-refractivity contribution in [2.24, 2.45) is 0 Å². The zero-order valence-electron chi connectivity index (χ0n) is 14.4. The van der Waals surface area contributed by atoms with Crippen LogP contribution in [0.1, 0.15) is 33.6 Å². The van der Waals surface area contributed by atoms with Crippen LogP contribution >= 0.6 is 0 Å². The maximum atomic E-state index is 12.3. The number of nitrogens with one attached hydrogen (secondary N) is 1. The van der Waals surface area contributed by atoms with Gasteiger partial charge < -0.3 is 19.9 Å². The molecule has 0 spiro atoms. The number of hydrogen-bond donors (Lipinski definition) is 2. The highest BCUT2D eigenvalue weighted by Gasteiger charge is 2.15. The SMILES string of the molecule is COc1ccc(C(=O)CCC(=O)Nc2ccc(C(=O)O)cc2)c(OC)c1. The molecule has 0 unspecified atom stereocenters. The molecule has 0 aliphatic carbocycles. The zero-order chi connectivity index (χ0) is 19.1. The van der Waals surface area contributed by atoms with Crippen LogP contribution < -0.4 is 14.8 Å². The van der Waals surface area contributed by atoms with Crippen LogP contribution in [-0.2, 0) is 4.79 Å². The predicted molar refractivity (Wildman–Crippen MR) is 95.1 cm³/mol. The van der Waals surface area contributed by atoms with E-state index >= 15 is 0 Å². The second-order valence-electron chi connectivity index (χ2n) is 5.42. The highest BCUT2D eigenvalue weighted by Crippen LogP contribution is 2.26. The highest BCUT2D eigenvalue weighted by molar-refractivity contribution is 6.02. The fourth-order valence-electron chi connectivity index (χ4n) is 2.31. The third-order valence-electron chi connectivity index (χ3n) is 3.70. The van der Waals surface area contributed by atoms with Crippen LogP contribution in [0.5, 0.6) is 11.5 Å². The molecule has 26 heavy (non-hydrogen) atoms. The summed E-state index contributed by atoms with van der Waals surface area (Å²) in [5.74, 6) is -0.642. The van der Waals surface area contributed by atoms with Gasteiger partial charge in [0.15, 0.2) is 5.78 Å². The summed E-state index contributed by atoms with van der Waals surface area (Å²) < 4.78 is 10.3. The summed E-state index contributed by atoms with van der Waals surface area (Å²) in [6, 6.07) is 10.6. The fraction of sp³-hybridized carbons (Fsp3) is 0.211. The molecule has 7 nitrogen and oxygen atoms in total. The number of carboxylic acid groups (broad SMARTS) is 1. The van der Waals surface area contributed by atoms with Gasteiger partial charge in [-0.15, -0.1) is 0 Å². The number of carbonyl (C=O) groups is 3. The van der Waals surface area contributed by atoms with Crippen molar-refractivity contribution < 1.29 is 29.0 Å². The Bertz CT molecular complexity index is 813. The van der Waals surface area contributed by atoms with Crippen molar-refractivity contribution in [1.29, 1.82) is 0 Å². The first-order valence-corrected chi connectivity index (χ1v) is 7.83. The van der Waals surface area contributed by atoms with Crippen molar-refractivity contribution in [2.45, 2.75) is 12.8 Å². The highest BCUT2D eigenvalue weighted by atomic mass is 16.5. The molecule has 0 aliphatic rings. The lowest BCUT2D eigenvalue weighted by Gasteiger charge is -2.10. The van der Waals surface area contributed by atoms with Gasteiger partial charge in [-0.05, 0) is 36.4 Å². The number of ether oxygens (including phenoxy) is 2. The normalized spacial score (nSPS) is 10.1. The van der Waals surface area contributed by atoms with Crippen molar-refractivity contribution in [3.05, 3.63) is 53.6 Å². The second kappa shape index (κ2) is 8.66. The second-order valence-corrected chi connectivity index (χ2v) is 5.42. The molecule has 0 bridgehead atoms. The van der Waals surface area contributed by atoms with Crippen LogP contribution in [0.15, 0.2) is 42.5 Å². The first kappa shape index (κ1) is 19.0. The van der Waals surface area contributed by atoms with E-state index in [9.17, 15) is 14.4 Å². The molecule has 2 N–H and O–H groups in total. The van der Waals surface area contributed by atoms with E-state index in [2.05, 4.69) is 5.32 Å². The molecule has 0 aliphatic heterocycles. The summed E-state index contributed by atoms with van der Waals surface area (Å²) >= 11 is 0. The Labute approximate surface area is 150 Å². The molecule has 0 atom stereocenters.